The molecule has 4 rings (SSSR count). The van der Waals surface area contributed by atoms with Gasteiger partial charge in [0.25, 0.3) is 11.1 Å². The third-order valence-corrected chi connectivity index (χ3v) is 6.05. The highest BCUT2D eigenvalue weighted by Gasteiger charge is 2.35. The van der Waals surface area contributed by atoms with Crippen molar-refractivity contribution < 1.29 is 14.0 Å². The second-order valence-electron chi connectivity index (χ2n) is 6.22. The summed E-state index contributed by atoms with van der Waals surface area (Å²) in [6, 6.07) is 20.2. The van der Waals surface area contributed by atoms with E-state index in [9.17, 15) is 14.9 Å². The number of benzene rings is 2. The van der Waals surface area contributed by atoms with E-state index in [4.69, 9.17) is 4.42 Å². The molecule has 0 atom stereocenters. The molecule has 1 aliphatic rings. The van der Waals surface area contributed by atoms with E-state index in [1.165, 1.54) is 4.90 Å². The van der Waals surface area contributed by atoms with Gasteiger partial charge in [-0.25, -0.2) is 0 Å². The van der Waals surface area contributed by atoms with Gasteiger partial charge in [0.15, 0.2) is 0 Å². The predicted octanol–water partition coefficient (Wildman–Crippen LogP) is 5.82. The molecule has 2 aromatic carbocycles. The number of furan rings is 1. The van der Waals surface area contributed by atoms with Crippen LogP contribution in [0.2, 0.25) is 0 Å². The molecule has 29 heavy (non-hydrogen) atoms. The summed E-state index contributed by atoms with van der Waals surface area (Å²) in [5.41, 5.74) is 2.03. The molecule has 0 bridgehead atoms. The van der Waals surface area contributed by atoms with Gasteiger partial charge in [-0.2, -0.15) is 5.26 Å². The molecule has 0 N–H and O–H groups in total. The molecule has 1 fully saturated rings. The minimum absolute atomic E-state index is 0.197. The van der Waals surface area contributed by atoms with Crippen LogP contribution in [0.4, 0.5) is 4.79 Å². The molecule has 1 aromatic heterocycles. The fraction of sp³-hybridized carbons (Fsp3) is 0.0455. The summed E-state index contributed by atoms with van der Waals surface area (Å²) in [5.74, 6) is 0.617. The van der Waals surface area contributed by atoms with Crippen LogP contribution in [0.25, 0.3) is 17.4 Å². The molecule has 1 saturated heterocycles. The first-order chi connectivity index (χ1) is 14.1. The van der Waals surface area contributed by atoms with E-state index in [-0.39, 0.29) is 17.7 Å². The van der Waals surface area contributed by atoms with Crippen LogP contribution < -0.4 is 0 Å². The molecule has 2 amide bonds. The van der Waals surface area contributed by atoms with Gasteiger partial charge >= 0.3 is 0 Å². The minimum atomic E-state index is -0.355. The number of nitrogens with zero attached hydrogens (tertiary/aromatic N) is 2. The quantitative estimate of drug-likeness (QED) is 0.454. The predicted molar refractivity (Wildman–Crippen MR) is 115 cm³/mol. The molecule has 2 heterocycles. The highest BCUT2D eigenvalue weighted by Crippen LogP contribution is 2.35. The van der Waals surface area contributed by atoms with Crippen molar-refractivity contribution in [1.82, 2.24) is 4.90 Å². The zero-order chi connectivity index (χ0) is 20.4. The van der Waals surface area contributed by atoms with Gasteiger partial charge in [0.05, 0.1) is 23.1 Å². The summed E-state index contributed by atoms with van der Waals surface area (Å²) >= 11 is 4.33. The van der Waals surface area contributed by atoms with Crippen molar-refractivity contribution in [2.24, 2.45) is 0 Å². The van der Waals surface area contributed by atoms with E-state index in [0.29, 0.717) is 27.6 Å². The summed E-state index contributed by atoms with van der Waals surface area (Å²) in [5, 5.41) is 8.93. The van der Waals surface area contributed by atoms with E-state index < -0.39 is 0 Å². The van der Waals surface area contributed by atoms with Gasteiger partial charge < -0.3 is 4.42 Å². The lowest BCUT2D eigenvalue weighted by atomic mass is 10.1. The fourth-order valence-electron chi connectivity index (χ4n) is 2.93. The molecule has 0 spiro atoms. The molecule has 142 valence electrons. The van der Waals surface area contributed by atoms with Gasteiger partial charge in [-0.1, -0.05) is 46.3 Å². The molecule has 0 radical (unpaired) electrons. The van der Waals surface area contributed by atoms with Crippen LogP contribution >= 0.6 is 27.7 Å². The normalized spacial score (nSPS) is 15.2. The molecule has 5 nitrogen and oxygen atoms in total. The zero-order valence-corrected chi connectivity index (χ0v) is 17.4. The maximum Gasteiger partial charge on any atom is 0.293 e. The average Bonchev–Trinajstić information content (AvgIpc) is 3.30. The van der Waals surface area contributed by atoms with Crippen LogP contribution in [0, 0.1) is 11.3 Å². The number of halogens is 1. The molecular formula is C22H13BrN2O3S. The zero-order valence-electron chi connectivity index (χ0n) is 15.0. The van der Waals surface area contributed by atoms with Crippen molar-refractivity contribution in [1.29, 1.82) is 5.26 Å². The van der Waals surface area contributed by atoms with Crippen molar-refractivity contribution in [3.63, 3.8) is 0 Å². The number of hydrogen-bond donors (Lipinski definition) is 0. The molecular weight excluding hydrogens is 452 g/mol. The van der Waals surface area contributed by atoms with Crippen molar-refractivity contribution >= 4 is 44.9 Å². The van der Waals surface area contributed by atoms with Crippen LogP contribution in [-0.2, 0) is 11.3 Å². The fourth-order valence-corrected chi connectivity index (χ4v) is 4.16. The Bertz CT molecular complexity index is 1190. The number of rotatable bonds is 4. The summed E-state index contributed by atoms with van der Waals surface area (Å²) in [4.78, 5) is 26.6. The Labute approximate surface area is 179 Å². The van der Waals surface area contributed by atoms with Crippen LogP contribution in [0.3, 0.4) is 0 Å². The van der Waals surface area contributed by atoms with Crippen molar-refractivity contribution in [3.05, 3.63) is 86.9 Å². The van der Waals surface area contributed by atoms with E-state index >= 15 is 0 Å². The molecule has 1 aliphatic heterocycles. The van der Waals surface area contributed by atoms with Crippen molar-refractivity contribution in [2.75, 3.05) is 0 Å². The largest absolute Gasteiger partial charge is 0.457 e. The molecule has 0 saturated carbocycles. The molecule has 7 heteroatoms. The number of carbonyl (C=O) groups excluding carboxylic acids is 2. The first-order valence-electron chi connectivity index (χ1n) is 8.65. The summed E-state index contributed by atoms with van der Waals surface area (Å²) in [6.45, 7) is 0.197. The first-order valence-corrected chi connectivity index (χ1v) is 10.3. The Hall–Kier alpha value is -3.08. The number of nitriles is 1. The standard InChI is InChI=1S/C22H13BrN2O3S/c23-18-8-4-2-6-15(18)13-25-21(26)20(29-22(25)27)11-16-9-10-19(28-16)17-7-3-1-5-14(17)12-24/h1-11H,13H2/b20-11+. The van der Waals surface area contributed by atoms with E-state index in [0.717, 1.165) is 21.8 Å². The summed E-state index contributed by atoms with van der Waals surface area (Å²) < 4.78 is 6.64. The van der Waals surface area contributed by atoms with Gasteiger partial charge in [-0.3, -0.25) is 14.5 Å². The number of imide groups is 1. The lowest BCUT2D eigenvalue weighted by molar-refractivity contribution is -0.123. The summed E-state index contributed by atoms with van der Waals surface area (Å²) in [7, 11) is 0. The molecule has 0 unspecified atom stereocenters. The maximum absolute atomic E-state index is 12.7. The third-order valence-electron chi connectivity index (χ3n) is 4.37. The second kappa shape index (κ2) is 8.11. The smallest absolute Gasteiger partial charge is 0.293 e. The third kappa shape index (κ3) is 3.90. The van der Waals surface area contributed by atoms with Crippen LogP contribution in [0.5, 0.6) is 0 Å². The van der Waals surface area contributed by atoms with Crippen molar-refractivity contribution in [3.8, 4) is 17.4 Å². The van der Waals surface area contributed by atoms with Gasteiger partial charge in [0.2, 0.25) is 0 Å². The maximum atomic E-state index is 12.7. The van der Waals surface area contributed by atoms with Gasteiger partial charge in [-0.05, 0) is 47.7 Å². The Morgan fingerprint density at radius 1 is 1.07 bits per heavy atom. The van der Waals surface area contributed by atoms with Crippen molar-refractivity contribution in [2.45, 2.75) is 6.54 Å². The Kier molecular flexibility index (Phi) is 5.38. The Balaban J connectivity index is 1.58. The minimum Gasteiger partial charge on any atom is -0.457 e. The molecule has 3 aromatic rings. The second-order valence-corrected chi connectivity index (χ2v) is 8.07. The highest BCUT2D eigenvalue weighted by molar-refractivity contribution is 9.10. The highest BCUT2D eigenvalue weighted by atomic mass is 79.9. The number of amides is 2. The van der Waals surface area contributed by atoms with Crippen LogP contribution in [0.1, 0.15) is 16.9 Å². The SMILES string of the molecule is N#Cc1ccccc1-c1ccc(/C=C2/SC(=O)N(Cc3ccccc3Br)C2=O)o1. The first kappa shape index (κ1) is 19.2. The summed E-state index contributed by atoms with van der Waals surface area (Å²) in [6.07, 6.45) is 1.56. The lowest BCUT2D eigenvalue weighted by Crippen LogP contribution is -2.27. The Morgan fingerprint density at radius 2 is 1.83 bits per heavy atom. The van der Waals surface area contributed by atoms with Crippen LogP contribution in [-0.4, -0.2) is 16.0 Å². The van der Waals surface area contributed by atoms with Crippen LogP contribution in [0.15, 0.2) is 74.5 Å². The number of carbonyl (C=O) groups is 2. The monoisotopic (exact) mass is 464 g/mol. The Morgan fingerprint density at radius 3 is 2.62 bits per heavy atom. The lowest BCUT2D eigenvalue weighted by Gasteiger charge is -2.13. The number of thioether (sulfide) groups is 1. The number of hydrogen-bond acceptors (Lipinski definition) is 5. The topological polar surface area (TPSA) is 74.3 Å². The van der Waals surface area contributed by atoms with Gasteiger partial charge in [0.1, 0.15) is 11.5 Å². The van der Waals surface area contributed by atoms with Gasteiger partial charge in [-0.15, -0.1) is 0 Å². The van der Waals surface area contributed by atoms with E-state index in [2.05, 4.69) is 22.0 Å². The van der Waals surface area contributed by atoms with Gasteiger partial charge in [0, 0.05) is 16.1 Å². The van der Waals surface area contributed by atoms with E-state index in [1.54, 1.807) is 36.4 Å². The van der Waals surface area contributed by atoms with E-state index in [1.807, 2.05) is 30.3 Å². The average molecular weight is 465 g/mol. The molecule has 0 aliphatic carbocycles.